The summed E-state index contributed by atoms with van der Waals surface area (Å²) in [5.74, 6) is -1.17. The fourth-order valence-corrected chi connectivity index (χ4v) is 1.15. The van der Waals surface area contributed by atoms with Crippen molar-refractivity contribution >= 4 is 5.78 Å². The highest BCUT2D eigenvalue weighted by Gasteiger charge is 2.13. The quantitative estimate of drug-likeness (QED) is 0.633. The Bertz CT molecular complexity index is 499. The monoisotopic (exact) mass is 234 g/mol. The fourth-order valence-electron chi connectivity index (χ4n) is 1.15. The Kier molecular flexibility index (Phi) is 4.23. The lowest BCUT2D eigenvalue weighted by atomic mass is 10.1. The van der Waals surface area contributed by atoms with Crippen molar-refractivity contribution in [1.82, 2.24) is 0 Å². The van der Waals surface area contributed by atoms with E-state index in [-0.39, 0.29) is 17.0 Å². The molecule has 0 saturated heterocycles. The molecule has 0 aromatic heterocycles. The number of Topliss-reactive ketones (excluding diaryl/α,β-unsaturated/α-hetero) is 1. The summed E-state index contributed by atoms with van der Waals surface area (Å²) in [7, 11) is 0. The number of ether oxygens (including phenoxy) is 1. The maximum absolute atomic E-state index is 13.1. The smallest absolute Gasteiger partial charge is 0.212 e. The molecule has 0 aliphatic carbocycles. The van der Waals surface area contributed by atoms with Crippen LogP contribution in [0.5, 0.6) is 5.75 Å². The largest absolute Gasteiger partial charge is 0.482 e. The summed E-state index contributed by atoms with van der Waals surface area (Å²) < 4.78 is 18.1. The second kappa shape index (κ2) is 5.66. The molecule has 5 heteroatoms. The van der Waals surface area contributed by atoms with Crippen molar-refractivity contribution in [3.63, 3.8) is 0 Å². The van der Waals surface area contributed by atoms with E-state index >= 15 is 0 Å². The molecule has 2 N–H and O–H groups in total. The molecule has 0 amide bonds. The van der Waals surface area contributed by atoms with Crippen molar-refractivity contribution in [2.75, 3.05) is 6.61 Å². The summed E-state index contributed by atoms with van der Waals surface area (Å²) in [5.41, 5.74) is 5.31. The van der Waals surface area contributed by atoms with Crippen LogP contribution >= 0.6 is 0 Å². The van der Waals surface area contributed by atoms with Crippen LogP contribution in [0.25, 0.3) is 0 Å². The van der Waals surface area contributed by atoms with Crippen LogP contribution in [-0.2, 0) is 4.79 Å². The molecule has 17 heavy (non-hydrogen) atoms. The first-order valence-corrected chi connectivity index (χ1v) is 4.83. The SMILES string of the molecule is CC(N)=C(C#N)C(=O)COc1ccccc1F. The molecule has 0 spiro atoms. The molecule has 0 atom stereocenters. The van der Waals surface area contributed by atoms with Gasteiger partial charge in [0.25, 0.3) is 0 Å². The van der Waals surface area contributed by atoms with Crippen LogP contribution in [0.4, 0.5) is 4.39 Å². The van der Waals surface area contributed by atoms with E-state index in [0.29, 0.717) is 0 Å². The minimum atomic E-state index is -0.573. The van der Waals surface area contributed by atoms with E-state index in [0.717, 1.165) is 0 Å². The van der Waals surface area contributed by atoms with Gasteiger partial charge in [0.05, 0.1) is 0 Å². The van der Waals surface area contributed by atoms with Gasteiger partial charge in [0, 0.05) is 5.70 Å². The zero-order valence-corrected chi connectivity index (χ0v) is 9.24. The molecule has 0 radical (unpaired) electrons. The maximum Gasteiger partial charge on any atom is 0.212 e. The van der Waals surface area contributed by atoms with Crippen molar-refractivity contribution in [3.05, 3.63) is 41.4 Å². The molecule has 1 rings (SSSR count). The molecular weight excluding hydrogens is 223 g/mol. The molecule has 0 aliphatic rings. The first kappa shape index (κ1) is 12.7. The van der Waals surface area contributed by atoms with Crippen LogP contribution in [0.3, 0.4) is 0 Å². The Morgan fingerprint density at radius 2 is 2.18 bits per heavy atom. The van der Waals surface area contributed by atoms with Crippen LogP contribution in [0, 0.1) is 17.1 Å². The molecular formula is C12H11FN2O2. The molecule has 0 aliphatic heterocycles. The molecule has 4 nitrogen and oxygen atoms in total. The van der Waals surface area contributed by atoms with Crippen molar-refractivity contribution in [1.29, 1.82) is 5.26 Å². The van der Waals surface area contributed by atoms with E-state index in [1.165, 1.54) is 25.1 Å². The molecule has 0 fully saturated rings. The number of benzene rings is 1. The van der Waals surface area contributed by atoms with E-state index in [1.54, 1.807) is 12.1 Å². The van der Waals surface area contributed by atoms with Gasteiger partial charge in [-0.2, -0.15) is 5.26 Å². The Morgan fingerprint density at radius 3 is 2.71 bits per heavy atom. The number of nitriles is 1. The maximum atomic E-state index is 13.1. The van der Waals surface area contributed by atoms with Crippen molar-refractivity contribution in [2.24, 2.45) is 5.73 Å². The van der Waals surface area contributed by atoms with Crippen molar-refractivity contribution in [2.45, 2.75) is 6.92 Å². The summed E-state index contributed by atoms with van der Waals surface area (Å²) in [6.45, 7) is 1.03. The number of allylic oxidation sites excluding steroid dienone is 1. The number of carbonyl (C=O) groups excluding carboxylic acids is 1. The third-order valence-corrected chi connectivity index (χ3v) is 1.98. The molecule has 0 bridgehead atoms. The van der Waals surface area contributed by atoms with Crippen LogP contribution < -0.4 is 10.5 Å². The predicted octanol–water partition coefficient (Wildman–Crippen LogP) is 1.53. The first-order chi connectivity index (χ1) is 8.06. The highest BCUT2D eigenvalue weighted by Crippen LogP contribution is 2.15. The highest BCUT2D eigenvalue weighted by atomic mass is 19.1. The van der Waals surface area contributed by atoms with Gasteiger partial charge in [-0.15, -0.1) is 0 Å². The van der Waals surface area contributed by atoms with Crippen LogP contribution in [0.2, 0.25) is 0 Å². The molecule has 1 aromatic carbocycles. The van der Waals surface area contributed by atoms with Gasteiger partial charge in [-0.25, -0.2) is 4.39 Å². The summed E-state index contributed by atoms with van der Waals surface area (Å²) >= 11 is 0. The number of carbonyl (C=O) groups is 1. The third kappa shape index (κ3) is 3.31. The van der Waals surface area contributed by atoms with Gasteiger partial charge >= 0.3 is 0 Å². The Labute approximate surface area is 98.1 Å². The number of rotatable bonds is 4. The van der Waals surface area contributed by atoms with Crippen LogP contribution in [0.15, 0.2) is 35.5 Å². The van der Waals surface area contributed by atoms with Gasteiger partial charge in [0.1, 0.15) is 11.6 Å². The summed E-state index contributed by atoms with van der Waals surface area (Å²) in [5, 5.41) is 8.68. The zero-order chi connectivity index (χ0) is 12.8. The summed E-state index contributed by atoms with van der Waals surface area (Å²) in [6.07, 6.45) is 0. The van der Waals surface area contributed by atoms with Gasteiger partial charge < -0.3 is 10.5 Å². The number of hydrogen-bond donors (Lipinski definition) is 1. The molecule has 0 saturated carbocycles. The molecule has 88 valence electrons. The van der Waals surface area contributed by atoms with E-state index in [4.69, 9.17) is 15.7 Å². The minimum absolute atomic E-state index is 0.0344. The normalized spacial score (nSPS) is 11.4. The predicted molar refractivity (Wildman–Crippen MR) is 59.4 cm³/mol. The lowest BCUT2D eigenvalue weighted by Gasteiger charge is -2.06. The second-order valence-electron chi connectivity index (χ2n) is 3.31. The van der Waals surface area contributed by atoms with Gasteiger partial charge in [-0.1, -0.05) is 12.1 Å². The molecule has 0 heterocycles. The summed E-state index contributed by atoms with van der Waals surface area (Å²) in [4.78, 5) is 11.5. The third-order valence-electron chi connectivity index (χ3n) is 1.98. The van der Waals surface area contributed by atoms with Gasteiger partial charge in [0.15, 0.2) is 18.2 Å². The minimum Gasteiger partial charge on any atom is -0.482 e. The van der Waals surface area contributed by atoms with E-state index < -0.39 is 18.2 Å². The molecule has 1 aromatic rings. The van der Waals surface area contributed by atoms with Crippen molar-refractivity contribution in [3.8, 4) is 11.8 Å². The topological polar surface area (TPSA) is 76.1 Å². The number of ketones is 1. The summed E-state index contributed by atoms with van der Waals surface area (Å²) in [6, 6.07) is 7.39. The van der Waals surface area contributed by atoms with E-state index in [9.17, 15) is 9.18 Å². The fraction of sp³-hybridized carbons (Fsp3) is 0.167. The standard InChI is InChI=1S/C12H11FN2O2/c1-8(15)9(6-14)11(16)7-17-12-5-3-2-4-10(12)13/h2-5H,7,15H2,1H3. The molecule has 0 unspecified atom stereocenters. The lowest BCUT2D eigenvalue weighted by molar-refractivity contribution is -0.117. The number of para-hydroxylation sites is 1. The van der Waals surface area contributed by atoms with Crippen molar-refractivity contribution < 1.29 is 13.9 Å². The van der Waals surface area contributed by atoms with E-state index in [1.807, 2.05) is 0 Å². The number of nitrogens with zero attached hydrogens (tertiary/aromatic N) is 1. The van der Waals surface area contributed by atoms with Gasteiger partial charge in [-0.05, 0) is 19.1 Å². The van der Waals surface area contributed by atoms with Gasteiger partial charge in [0.2, 0.25) is 5.78 Å². The lowest BCUT2D eigenvalue weighted by Crippen LogP contribution is -2.16. The Hall–Kier alpha value is -2.35. The second-order valence-corrected chi connectivity index (χ2v) is 3.31. The highest BCUT2D eigenvalue weighted by molar-refractivity contribution is 6.00. The van der Waals surface area contributed by atoms with E-state index in [2.05, 4.69) is 0 Å². The number of hydrogen-bond acceptors (Lipinski definition) is 4. The first-order valence-electron chi connectivity index (χ1n) is 4.83. The van der Waals surface area contributed by atoms with Gasteiger partial charge in [-0.3, -0.25) is 4.79 Å². The average Bonchev–Trinajstić information content (AvgIpc) is 2.28. The number of halogens is 1. The van der Waals surface area contributed by atoms with Crippen LogP contribution in [0.1, 0.15) is 6.92 Å². The average molecular weight is 234 g/mol. The van der Waals surface area contributed by atoms with Crippen LogP contribution in [-0.4, -0.2) is 12.4 Å². The number of nitrogens with two attached hydrogens (primary N) is 1. The zero-order valence-electron chi connectivity index (χ0n) is 9.24. The Balaban J connectivity index is 2.71. The Morgan fingerprint density at radius 1 is 1.53 bits per heavy atom.